The maximum Gasteiger partial charge on any atom is 0.389 e. The van der Waals surface area contributed by atoms with Gasteiger partial charge in [-0.15, -0.1) is 0 Å². The van der Waals surface area contributed by atoms with Gasteiger partial charge in [-0.2, -0.15) is 13.2 Å². The Bertz CT molecular complexity index is 779. The summed E-state index contributed by atoms with van der Waals surface area (Å²) in [5.74, 6) is -0.361. The second-order valence-corrected chi connectivity index (χ2v) is 7.75. The molecule has 0 radical (unpaired) electrons. The number of hydrogen-bond acceptors (Lipinski definition) is 3. The number of nitrogens with one attached hydrogen (secondary N) is 1. The average molecular weight is 394 g/mol. The van der Waals surface area contributed by atoms with Gasteiger partial charge < -0.3 is 5.32 Å². The Kier molecular flexibility index (Phi) is 6.72. The highest BCUT2D eigenvalue weighted by atomic mass is 19.4. The summed E-state index contributed by atoms with van der Waals surface area (Å²) >= 11 is 0. The van der Waals surface area contributed by atoms with E-state index in [2.05, 4.69) is 5.32 Å². The Labute approximate surface area is 162 Å². The van der Waals surface area contributed by atoms with Crippen LogP contribution in [0.4, 0.5) is 24.5 Å². The van der Waals surface area contributed by atoms with Crippen LogP contribution < -0.4 is 5.32 Å². The molecule has 28 heavy (non-hydrogen) atoms. The summed E-state index contributed by atoms with van der Waals surface area (Å²) < 4.78 is 36.8. The molecule has 4 nitrogen and oxygen atoms in total. The van der Waals surface area contributed by atoms with E-state index in [-0.39, 0.29) is 18.9 Å². The van der Waals surface area contributed by atoms with Crippen LogP contribution in [0.25, 0.3) is 0 Å². The van der Waals surface area contributed by atoms with Crippen molar-refractivity contribution in [3.8, 4) is 0 Å². The number of alkyl halides is 3. The first kappa shape index (κ1) is 21.8. The standard InChI is InChI=1S/C21H25F3N2O2/c1-20(2,3)19(27)26(28)14-16-6-10-18(11-7-16)25-17-8-4-15(5-9-17)12-13-21(22,23)24/h4-11,25,28H,12-14H2,1-3H3. The lowest BCUT2D eigenvalue weighted by atomic mass is 9.95. The van der Waals surface area contributed by atoms with Crippen molar-refractivity contribution in [3.05, 3.63) is 59.7 Å². The summed E-state index contributed by atoms with van der Waals surface area (Å²) in [5, 5.41) is 13.8. The number of rotatable bonds is 6. The molecule has 0 aliphatic rings. The van der Waals surface area contributed by atoms with Gasteiger partial charge in [0.15, 0.2) is 0 Å². The molecule has 0 saturated carbocycles. The average Bonchev–Trinajstić information content (AvgIpc) is 2.60. The molecule has 0 atom stereocenters. The van der Waals surface area contributed by atoms with Crippen molar-refractivity contribution in [2.75, 3.05) is 5.32 Å². The first-order chi connectivity index (χ1) is 12.9. The van der Waals surface area contributed by atoms with Gasteiger partial charge >= 0.3 is 6.18 Å². The van der Waals surface area contributed by atoms with Crippen molar-refractivity contribution >= 4 is 17.3 Å². The summed E-state index contributed by atoms with van der Waals surface area (Å²) in [5.41, 5.74) is 2.29. The monoisotopic (exact) mass is 394 g/mol. The maximum atomic E-state index is 12.3. The van der Waals surface area contributed by atoms with Gasteiger partial charge in [0.05, 0.1) is 6.54 Å². The van der Waals surface area contributed by atoms with Crippen LogP contribution in [-0.4, -0.2) is 22.4 Å². The molecule has 0 unspecified atom stereocenters. The normalized spacial score (nSPS) is 12.0. The van der Waals surface area contributed by atoms with Gasteiger partial charge in [-0.05, 0) is 41.8 Å². The Balaban J connectivity index is 1.92. The number of amides is 1. The molecule has 2 aromatic rings. The molecule has 152 valence electrons. The fourth-order valence-electron chi connectivity index (χ4n) is 2.53. The lowest BCUT2D eigenvalue weighted by molar-refractivity contribution is -0.177. The van der Waals surface area contributed by atoms with Crippen LogP contribution >= 0.6 is 0 Å². The van der Waals surface area contributed by atoms with E-state index in [0.717, 1.165) is 16.9 Å². The first-order valence-electron chi connectivity index (χ1n) is 8.96. The van der Waals surface area contributed by atoms with Crippen LogP contribution in [0.3, 0.4) is 0 Å². The molecule has 7 heteroatoms. The fourth-order valence-corrected chi connectivity index (χ4v) is 2.53. The van der Waals surface area contributed by atoms with Crippen LogP contribution in [0.5, 0.6) is 0 Å². The van der Waals surface area contributed by atoms with Gasteiger partial charge in [-0.3, -0.25) is 10.0 Å². The zero-order valence-electron chi connectivity index (χ0n) is 16.2. The van der Waals surface area contributed by atoms with Crippen molar-refractivity contribution in [2.45, 2.75) is 46.3 Å². The third kappa shape index (κ3) is 6.88. The van der Waals surface area contributed by atoms with Crippen molar-refractivity contribution < 1.29 is 23.2 Å². The second-order valence-electron chi connectivity index (χ2n) is 7.75. The van der Waals surface area contributed by atoms with E-state index in [1.807, 2.05) is 12.1 Å². The molecule has 2 N–H and O–H groups in total. The summed E-state index contributed by atoms with van der Waals surface area (Å²) in [7, 11) is 0. The highest BCUT2D eigenvalue weighted by molar-refractivity contribution is 5.80. The zero-order chi connectivity index (χ0) is 20.9. The Morgan fingerprint density at radius 1 is 0.929 bits per heavy atom. The topological polar surface area (TPSA) is 52.6 Å². The van der Waals surface area contributed by atoms with Crippen LogP contribution in [0.1, 0.15) is 38.3 Å². The van der Waals surface area contributed by atoms with Gasteiger partial charge in [0.1, 0.15) is 0 Å². The number of benzene rings is 2. The lowest BCUT2D eigenvalue weighted by Crippen LogP contribution is -2.36. The molecule has 0 bridgehead atoms. The van der Waals surface area contributed by atoms with Gasteiger partial charge in [0.2, 0.25) is 0 Å². The highest BCUT2D eigenvalue weighted by Gasteiger charge is 2.27. The van der Waals surface area contributed by atoms with E-state index < -0.39 is 18.0 Å². The summed E-state index contributed by atoms with van der Waals surface area (Å²) in [6.07, 6.45) is -5.02. The molecule has 2 aromatic carbocycles. The SMILES string of the molecule is CC(C)(C)C(=O)N(O)Cc1ccc(Nc2ccc(CCC(F)(F)F)cc2)cc1. The molecule has 0 saturated heterocycles. The lowest BCUT2D eigenvalue weighted by Gasteiger charge is -2.24. The van der Waals surface area contributed by atoms with Crippen molar-refractivity contribution in [3.63, 3.8) is 0 Å². The van der Waals surface area contributed by atoms with E-state index in [1.54, 1.807) is 57.2 Å². The quantitative estimate of drug-likeness (QED) is 0.489. The van der Waals surface area contributed by atoms with E-state index >= 15 is 0 Å². The molecular formula is C21H25F3N2O2. The van der Waals surface area contributed by atoms with Gasteiger partial charge in [-0.1, -0.05) is 45.0 Å². The van der Waals surface area contributed by atoms with E-state index in [1.165, 1.54) is 0 Å². The number of hydroxylamine groups is 2. The van der Waals surface area contributed by atoms with Crippen LogP contribution in [0.15, 0.2) is 48.5 Å². The van der Waals surface area contributed by atoms with Crippen molar-refractivity contribution in [1.82, 2.24) is 5.06 Å². The van der Waals surface area contributed by atoms with Crippen LogP contribution in [0.2, 0.25) is 0 Å². The third-order valence-corrected chi connectivity index (χ3v) is 4.10. The Hall–Kier alpha value is -2.54. The number of carbonyl (C=O) groups excluding carboxylic acids is 1. The molecule has 0 aromatic heterocycles. The second kappa shape index (κ2) is 8.65. The number of anilines is 2. The summed E-state index contributed by atoms with van der Waals surface area (Å²) in [6, 6.07) is 14.0. The van der Waals surface area contributed by atoms with Gasteiger partial charge in [-0.25, -0.2) is 5.06 Å². The van der Waals surface area contributed by atoms with E-state index in [9.17, 15) is 23.2 Å². The maximum absolute atomic E-state index is 12.3. The minimum Gasteiger partial charge on any atom is -0.356 e. The minimum absolute atomic E-state index is 0.0383. The third-order valence-electron chi connectivity index (χ3n) is 4.10. The first-order valence-corrected chi connectivity index (χ1v) is 8.96. The zero-order valence-corrected chi connectivity index (χ0v) is 16.2. The van der Waals surface area contributed by atoms with Gasteiger partial charge in [0.25, 0.3) is 5.91 Å². The molecule has 0 aliphatic carbocycles. The van der Waals surface area contributed by atoms with Crippen LogP contribution in [0, 0.1) is 5.41 Å². The van der Waals surface area contributed by atoms with Crippen LogP contribution in [-0.2, 0) is 17.8 Å². The predicted molar refractivity (Wildman–Crippen MR) is 102 cm³/mol. The Morgan fingerprint density at radius 2 is 1.39 bits per heavy atom. The fraction of sp³-hybridized carbons (Fsp3) is 0.381. The predicted octanol–water partition coefficient (Wildman–Crippen LogP) is 5.69. The molecule has 1 amide bonds. The largest absolute Gasteiger partial charge is 0.389 e. The van der Waals surface area contributed by atoms with E-state index in [4.69, 9.17) is 0 Å². The number of carbonyl (C=O) groups is 1. The number of aryl methyl sites for hydroxylation is 1. The number of halogens is 3. The molecule has 0 fully saturated rings. The van der Waals surface area contributed by atoms with Crippen molar-refractivity contribution in [2.24, 2.45) is 5.41 Å². The minimum atomic E-state index is -4.15. The number of hydrogen-bond donors (Lipinski definition) is 2. The van der Waals surface area contributed by atoms with Gasteiger partial charge in [0, 0.05) is 23.2 Å². The molecule has 0 spiro atoms. The van der Waals surface area contributed by atoms with Crippen molar-refractivity contribution in [1.29, 1.82) is 0 Å². The summed E-state index contributed by atoms with van der Waals surface area (Å²) in [6.45, 7) is 5.30. The smallest absolute Gasteiger partial charge is 0.356 e. The molecule has 2 rings (SSSR count). The molecular weight excluding hydrogens is 369 g/mol. The summed E-state index contributed by atoms with van der Waals surface area (Å²) in [4.78, 5) is 12.0. The Morgan fingerprint density at radius 3 is 1.82 bits per heavy atom. The number of nitrogens with zero attached hydrogens (tertiary/aromatic N) is 1. The van der Waals surface area contributed by atoms with E-state index in [0.29, 0.717) is 10.6 Å². The molecule has 0 heterocycles. The highest BCUT2D eigenvalue weighted by Crippen LogP contribution is 2.24. The molecule has 0 aliphatic heterocycles.